The minimum absolute atomic E-state index is 0.0209. The number of hydrogen-bond donors (Lipinski definition) is 2. The Kier molecular flexibility index (Phi) is 5.95. The van der Waals surface area contributed by atoms with Crippen LogP contribution in [0.5, 0.6) is 0 Å². The third-order valence-corrected chi connectivity index (χ3v) is 4.75. The maximum absolute atomic E-state index is 12.1. The van der Waals surface area contributed by atoms with E-state index in [1.807, 2.05) is 12.1 Å². The molecule has 4 amide bonds. The van der Waals surface area contributed by atoms with Crippen LogP contribution in [0.25, 0.3) is 0 Å². The summed E-state index contributed by atoms with van der Waals surface area (Å²) >= 11 is 6.10. The van der Waals surface area contributed by atoms with Crippen LogP contribution in [0.2, 0.25) is 5.02 Å². The van der Waals surface area contributed by atoms with E-state index in [9.17, 15) is 19.2 Å². The Hall–Kier alpha value is -2.61. The summed E-state index contributed by atoms with van der Waals surface area (Å²) in [4.78, 5) is 48.9. The zero-order chi connectivity index (χ0) is 19.4. The number of hydrogen-bond acceptors (Lipinski definition) is 5. The van der Waals surface area contributed by atoms with E-state index in [0.717, 1.165) is 18.4 Å². The van der Waals surface area contributed by atoms with Gasteiger partial charge in [0, 0.05) is 30.6 Å². The molecule has 0 unspecified atom stereocenters. The fraction of sp³-hybridized carbons (Fsp3) is 0.444. The van der Waals surface area contributed by atoms with Crippen LogP contribution in [-0.2, 0) is 25.7 Å². The highest BCUT2D eigenvalue weighted by Crippen LogP contribution is 2.24. The molecular weight excluding hydrogens is 374 g/mol. The van der Waals surface area contributed by atoms with Crippen molar-refractivity contribution in [2.75, 3.05) is 13.2 Å². The van der Waals surface area contributed by atoms with E-state index < -0.39 is 30.4 Å². The van der Waals surface area contributed by atoms with Crippen molar-refractivity contribution in [3.05, 3.63) is 34.9 Å². The lowest BCUT2D eigenvalue weighted by molar-refractivity contribution is -0.152. The minimum Gasteiger partial charge on any atom is -0.455 e. The number of urea groups is 1. The molecule has 1 saturated carbocycles. The number of likely N-dealkylation sites (tertiary alicyclic amines) is 1. The molecule has 27 heavy (non-hydrogen) atoms. The third kappa shape index (κ3) is 5.43. The van der Waals surface area contributed by atoms with Crippen molar-refractivity contribution in [3.8, 4) is 0 Å². The first-order valence-corrected chi connectivity index (χ1v) is 9.08. The first kappa shape index (κ1) is 19.2. The van der Waals surface area contributed by atoms with Gasteiger partial charge in [0.05, 0.1) is 5.92 Å². The highest BCUT2D eigenvalue weighted by molar-refractivity contribution is 6.31. The Morgan fingerprint density at radius 3 is 2.67 bits per heavy atom. The average Bonchev–Trinajstić information content (AvgIpc) is 3.36. The molecule has 1 aromatic rings. The van der Waals surface area contributed by atoms with Crippen LogP contribution >= 0.6 is 11.6 Å². The van der Waals surface area contributed by atoms with Crippen LogP contribution in [0.3, 0.4) is 0 Å². The summed E-state index contributed by atoms with van der Waals surface area (Å²) in [5, 5.41) is 5.24. The molecule has 3 rings (SSSR count). The number of nitrogens with one attached hydrogen (secondary N) is 2. The van der Waals surface area contributed by atoms with E-state index in [4.69, 9.17) is 16.3 Å². The first-order chi connectivity index (χ1) is 12.9. The first-order valence-electron chi connectivity index (χ1n) is 8.70. The summed E-state index contributed by atoms with van der Waals surface area (Å²) in [6.07, 6.45) is 1.82. The number of esters is 1. The standard InChI is InChI=1S/C18H20ClN3O5/c19-14-4-2-1-3-11(14)8-22-9-12(7-16(22)24)17(25)27-10-15(23)21-18(26)20-13-5-6-13/h1-4,12-13H,5-10H2,(H2,20,21,23,26)/t12-/m0/s1. The Morgan fingerprint density at radius 2 is 1.96 bits per heavy atom. The largest absolute Gasteiger partial charge is 0.455 e. The maximum atomic E-state index is 12.1. The number of rotatable bonds is 6. The lowest BCUT2D eigenvalue weighted by atomic mass is 10.1. The molecule has 9 heteroatoms. The van der Waals surface area contributed by atoms with Crippen molar-refractivity contribution in [2.45, 2.75) is 31.8 Å². The second-order valence-corrected chi connectivity index (χ2v) is 7.08. The van der Waals surface area contributed by atoms with E-state index in [0.29, 0.717) is 11.6 Å². The summed E-state index contributed by atoms with van der Waals surface area (Å²) in [5.74, 6) is -2.17. The van der Waals surface area contributed by atoms with Crippen LogP contribution in [0.4, 0.5) is 4.79 Å². The molecule has 8 nitrogen and oxygen atoms in total. The van der Waals surface area contributed by atoms with Gasteiger partial charge in [0.2, 0.25) is 5.91 Å². The topological polar surface area (TPSA) is 105 Å². The quantitative estimate of drug-likeness (QED) is 0.707. The zero-order valence-corrected chi connectivity index (χ0v) is 15.3. The molecule has 0 bridgehead atoms. The van der Waals surface area contributed by atoms with E-state index in [2.05, 4.69) is 10.6 Å². The van der Waals surface area contributed by atoms with Crippen LogP contribution in [0, 0.1) is 5.92 Å². The number of carbonyl (C=O) groups excluding carboxylic acids is 4. The van der Waals surface area contributed by atoms with E-state index in [1.54, 1.807) is 12.1 Å². The Balaban J connectivity index is 1.43. The monoisotopic (exact) mass is 393 g/mol. The van der Waals surface area contributed by atoms with Gasteiger partial charge in [-0.1, -0.05) is 29.8 Å². The van der Waals surface area contributed by atoms with E-state index in [1.165, 1.54) is 4.90 Å². The van der Waals surface area contributed by atoms with Crippen molar-refractivity contribution in [3.63, 3.8) is 0 Å². The van der Waals surface area contributed by atoms with Gasteiger partial charge in [-0.05, 0) is 24.5 Å². The van der Waals surface area contributed by atoms with Crippen molar-refractivity contribution in [1.82, 2.24) is 15.5 Å². The molecule has 0 aromatic heterocycles. The van der Waals surface area contributed by atoms with Crippen LogP contribution < -0.4 is 10.6 Å². The predicted octanol–water partition coefficient (Wildman–Crippen LogP) is 1.22. The van der Waals surface area contributed by atoms with Gasteiger partial charge in [-0.25, -0.2) is 4.79 Å². The second kappa shape index (κ2) is 8.39. The normalized spacial score (nSPS) is 18.9. The maximum Gasteiger partial charge on any atom is 0.321 e. The number of ether oxygens (including phenoxy) is 1. The van der Waals surface area contributed by atoms with Crippen LogP contribution in [0.1, 0.15) is 24.8 Å². The predicted molar refractivity (Wildman–Crippen MR) is 95.6 cm³/mol. The Bertz CT molecular complexity index is 765. The average molecular weight is 394 g/mol. The molecule has 1 aliphatic heterocycles. The Morgan fingerprint density at radius 1 is 1.22 bits per heavy atom. The molecule has 144 valence electrons. The number of benzene rings is 1. The number of halogens is 1. The van der Waals surface area contributed by atoms with Crippen molar-refractivity contribution >= 4 is 35.4 Å². The molecule has 0 radical (unpaired) electrons. The van der Waals surface area contributed by atoms with Gasteiger partial charge in [0.15, 0.2) is 6.61 Å². The van der Waals surface area contributed by atoms with Crippen LogP contribution in [-0.4, -0.2) is 47.9 Å². The number of nitrogens with zero attached hydrogens (tertiary/aromatic N) is 1. The SMILES string of the molecule is O=C(COC(=O)[C@H]1CC(=O)N(Cc2ccccc2Cl)C1)NC(=O)NC1CC1. The summed E-state index contributed by atoms with van der Waals surface area (Å²) in [5.41, 5.74) is 0.794. The molecule has 1 aromatic carbocycles. The van der Waals surface area contributed by atoms with Gasteiger partial charge < -0.3 is 15.0 Å². The molecule has 2 N–H and O–H groups in total. The molecular formula is C18H20ClN3O5. The number of amides is 4. The van der Waals surface area contributed by atoms with Crippen LogP contribution in [0.15, 0.2) is 24.3 Å². The van der Waals surface area contributed by atoms with Crippen molar-refractivity contribution in [1.29, 1.82) is 0 Å². The second-order valence-electron chi connectivity index (χ2n) is 6.67. The fourth-order valence-electron chi connectivity index (χ4n) is 2.78. The van der Waals surface area contributed by atoms with E-state index >= 15 is 0 Å². The molecule has 0 spiro atoms. The Labute approximate surface area is 161 Å². The molecule has 1 saturated heterocycles. The summed E-state index contributed by atoms with van der Waals surface area (Å²) in [6.45, 7) is -0.0527. The van der Waals surface area contributed by atoms with Gasteiger partial charge in [-0.2, -0.15) is 0 Å². The lowest BCUT2D eigenvalue weighted by Gasteiger charge is -2.17. The van der Waals surface area contributed by atoms with Gasteiger partial charge >= 0.3 is 12.0 Å². The van der Waals surface area contributed by atoms with Crippen molar-refractivity contribution < 1.29 is 23.9 Å². The number of carbonyl (C=O) groups is 4. The van der Waals surface area contributed by atoms with Gasteiger partial charge in [0.1, 0.15) is 0 Å². The molecule has 1 heterocycles. The van der Waals surface area contributed by atoms with Gasteiger partial charge in [0.25, 0.3) is 5.91 Å². The van der Waals surface area contributed by atoms with E-state index in [-0.39, 0.29) is 24.9 Å². The smallest absolute Gasteiger partial charge is 0.321 e. The summed E-state index contributed by atoms with van der Waals surface area (Å²) in [7, 11) is 0. The van der Waals surface area contributed by atoms with Crippen molar-refractivity contribution in [2.24, 2.45) is 5.92 Å². The lowest BCUT2D eigenvalue weighted by Crippen LogP contribution is -2.42. The third-order valence-electron chi connectivity index (χ3n) is 4.38. The number of imide groups is 1. The highest BCUT2D eigenvalue weighted by Gasteiger charge is 2.35. The highest BCUT2D eigenvalue weighted by atomic mass is 35.5. The molecule has 2 fully saturated rings. The molecule has 1 aliphatic carbocycles. The molecule has 2 aliphatic rings. The fourth-order valence-corrected chi connectivity index (χ4v) is 2.98. The van der Waals surface area contributed by atoms with Gasteiger partial charge in [-0.3, -0.25) is 19.7 Å². The van der Waals surface area contributed by atoms with Gasteiger partial charge in [-0.15, -0.1) is 0 Å². The molecule has 1 atom stereocenters. The zero-order valence-electron chi connectivity index (χ0n) is 14.6. The summed E-state index contributed by atoms with van der Waals surface area (Å²) < 4.78 is 4.94. The summed E-state index contributed by atoms with van der Waals surface area (Å²) in [6, 6.07) is 6.70. The minimum atomic E-state index is -0.709.